The van der Waals surface area contributed by atoms with Crippen LogP contribution in [0.15, 0.2) is 28.7 Å². The highest BCUT2D eigenvalue weighted by atomic mass is 79.9. The predicted molar refractivity (Wildman–Crippen MR) is 143 cm³/mol. The van der Waals surface area contributed by atoms with Gasteiger partial charge in [0, 0.05) is 67.6 Å². The first-order chi connectivity index (χ1) is 18.5. The molecular weight excluding hydrogens is 583 g/mol. The summed E-state index contributed by atoms with van der Waals surface area (Å²) in [5.41, 5.74) is 6.23. The number of carboxylic acid groups (broad SMARTS) is 1. The summed E-state index contributed by atoms with van der Waals surface area (Å²) in [7, 11) is 0. The number of halogens is 4. The molecule has 1 aromatic carbocycles. The summed E-state index contributed by atoms with van der Waals surface area (Å²) < 4.78 is 49.6. The molecule has 39 heavy (non-hydrogen) atoms. The largest absolute Gasteiger partial charge is 0.480 e. The van der Waals surface area contributed by atoms with Gasteiger partial charge >= 0.3 is 12.1 Å². The van der Waals surface area contributed by atoms with Crippen LogP contribution in [0.5, 0.6) is 5.88 Å². The molecule has 1 spiro atoms. The van der Waals surface area contributed by atoms with Gasteiger partial charge in [0.05, 0.1) is 0 Å². The zero-order valence-electron chi connectivity index (χ0n) is 21.2. The summed E-state index contributed by atoms with van der Waals surface area (Å²) in [5.74, 6) is -0.921. The molecule has 3 saturated heterocycles. The number of nitrogens with zero attached hydrogens (tertiary/aromatic N) is 4. The van der Waals surface area contributed by atoms with Gasteiger partial charge in [-0.2, -0.15) is 23.1 Å². The topological polar surface area (TPSA) is 129 Å². The van der Waals surface area contributed by atoms with Crippen LogP contribution < -0.4 is 30.9 Å². The van der Waals surface area contributed by atoms with Crippen molar-refractivity contribution in [1.82, 2.24) is 20.6 Å². The smallest absolute Gasteiger partial charge is 0.429 e. The second-order valence-electron chi connectivity index (χ2n) is 10.4. The van der Waals surface area contributed by atoms with Crippen molar-refractivity contribution in [1.29, 1.82) is 0 Å². The third kappa shape index (κ3) is 6.17. The minimum absolute atomic E-state index is 0.00651. The molecule has 5 N–H and O–H groups in total. The van der Waals surface area contributed by atoms with Crippen LogP contribution in [0.1, 0.15) is 30.9 Å². The average molecular weight is 614 g/mol. The number of hydrogen-bond acceptors (Lipinski definition) is 9. The van der Waals surface area contributed by atoms with Crippen molar-refractivity contribution in [2.45, 2.75) is 37.6 Å². The molecule has 3 aliphatic rings. The van der Waals surface area contributed by atoms with Gasteiger partial charge in [0.25, 0.3) is 0 Å². The molecule has 10 nitrogen and oxygen atoms in total. The van der Waals surface area contributed by atoms with Crippen molar-refractivity contribution in [3.63, 3.8) is 0 Å². The van der Waals surface area contributed by atoms with Gasteiger partial charge in [-0.15, -0.1) is 0 Å². The Labute approximate surface area is 232 Å². The van der Waals surface area contributed by atoms with E-state index in [1.54, 1.807) is 12.1 Å². The number of aliphatic carboxylic acids is 1. The Balaban J connectivity index is 1.37. The summed E-state index contributed by atoms with van der Waals surface area (Å²) in [6.45, 7) is 4.21. The second-order valence-corrected chi connectivity index (χ2v) is 11.3. The molecule has 1 unspecified atom stereocenters. The number of carboxylic acids is 1. The first kappa shape index (κ1) is 27.7. The second kappa shape index (κ2) is 11.0. The molecular formula is C25H31BrF3N7O3. The molecule has 1 aromatic heterocycles. The van der Waals surface area contributed by atoms with Gasteiger partial charge in [-0.25, -0.2) is 0 Å². The van der Waals surface area contributed by atoms with Crippen LogP contribution in [0, 0.1) is 5.41 Å². The SMILES string of the molecule is Nc1nc(OC(c2ccc(Br)cc2N2CCNCC2)C(F)(F)F)cc(N2CCC3(CC2)CN[C@H](C(=O)O)C3)n1. The van der Waals surface area contributed by atoms with E-state index in [1.807, 2.05) is 9.80 Å². The number of hydrogen-bond donors (Lipinski definition) is 4. The van der Waals surface area contributed by atoms with Gasteiger partial charge < -0.3 is 36.0 Å². The van der Waals surface area contributed by atoms with Crippen LogP contribution in [0.3, 0.4) is 0 Å². The lowest BCUT2D eigenvalue weighted by Gasteiger charge is -2.39. The van der Waals surface area contributed by atoms with Crippen molar-refractivity contribution in [3.05, 3.63) is 34.3 Å². The Kier molecular flexibility index (Phi) is 7.80. The lowest BCUT2D eigenvalue weighted by molar-refractivity contribution is -0.198. The van der Waals surface area contributed by atoms with E-state index in [0.29, 0.717) is 68.2 Å². The number of anilines is 3. The monoisotopic (exact) mass is 613 g/mol. The van der Waals surface area contributed by atoms with Crippen LogP contribution >= 0.6 is 15.9 Å². The summed E-state index contributed by atoms with van der Waals surface area (Å²) in [5, 5.41) is 15.6. The van der Waals surface area contributed by atoms with Gasteiger partial charge in [-0.3, -0.25) is 4.79 Å². The Morgan fingerprint density at radius 2 is 1.87 bits per heavy atom. The van der Waals surface area contributed by atoms with Crippen molar-refractivity contribution < 1.29 is 27.8 Å². The van der Waals surface area contributed by atoms with Gasteiger partial charge in [0.1, 0.15) is 11.9 Å². The number of alkyl halides is 3. The lowest BCUT2D eigenvalue weighted by atomic mass is 9.76. The molecule has 3 aliphatic heterocycles. The third-order valence-electron chi connectivity index (χ3n) is 7.78. The van der Waals surface area contributed by atoms with Crippen LogP contribution in [-0.2, 0) is 4.79 Å². The van der Waals surface area contributed by atoms with Crippen LogP contribution in [0.4, 0.5) is 30.6 Å². The standard InChI is InChI=1S/C25H31BrF3N7O3/c26-15-1-2-16(18(11-15)35-9-5-31-6-10-35)21(25(27,28)29)39-20-12-19(33-23(30)34-20)36-7-3-24(4-8-36)13-17(22(37)38)32-14-24/h1-2,11-12,17,21,31-32H,3-10,13-14H2,(H,37,38)(H2,30,33,34)/t17-,21?/m0/s1. The molecule has 2 atom stereocenters. The molecule has 0 amide bonds. The molecule has 212 valence electrons. The highest BCUT2D eigenvalue weighted by Crippen LogP contribution is 2.43. The minimum atomic E-state index is -4.72. The normalized spacial score (nSPS) is 22.2. The summed E-state index contributed by atoms with van der Waals surface area (Å²) in [6, 6.07) is 5.51. The maximum absolute atomic E-state index is 14.5. The molecule has 3 fully saturated rings. The third-order valence-corrected chi connectivity index (χ3v) is 8.27. The van der Waals surface area contributed by atoms with Gasteiger partial charge in [0.15, 0.2) is 0 Å². The van der Waals surface area contributed by atoms with E-state index >= 15 is 0 Å². The number of nitrogens with one attached hydrogen (secondary N) is 2. The van der Waals surface area contributed by atoms with E-state index in [-0.39, 0.29) is 22.8 Å². The van der Waals surface area contributed by atoms with Crippen LogP contribution in [0.2, 0.25) is 0 Å². The first-order valence-electron chi connectivity index (χ1n) is 12.9. The molecule has 0 radical (unpaired) electrons. The minimum Gasteiger partial charge on any atom is -0.480 e. The van der Waals surface area contributed by atoms with Gasteiger partial charge in [-0.1, -0.05) is 22.0 Å². The predicted octanol–water partition coefficient (Wildman–Crippen LogP) is 2.95. The van der Waals surface area contributed by atoms with Crippen molar-refractivity contribution in [3.8, 4) is 5.88 Å². The maximum atomic E-state index is 14.5. The van der Waals surface area contributed by atoms with E-state index in [4.69, 9.17) is 10.5 Å². The summed E-state index contributed by atoms with van der Waals surface area (Å²) in [4.78, 5) is 23.5. The van der Waals surface area contributed by atoms with E-state index in [9.17, 15) is 23.1 Å². The van der Waals surface area contributed by atoms with E-state index < -0.39 is 24.3 Å². The fourth-order valence-electron chi connectivity index (χ4n) is 5.68. The fourth-order valence-corrected chi connectivity index (χ4v) is 6.03. The number of carbonyl (C=O) groups is 1. The zero-order valence-corrected chi connectivity index (χ0v) is 22.8. The molecule has 14 heteroatoms. The Morgan fingerprint density at radius 1 is 1.15 bits per heavy atom. The number of benzene rings is 1. The molecule has 0 bridgehead atoms. The molecule has 0 saturated carbocycles. The summed E-state index contributed by atoms with van der Waals surface area (Å²) in [6.07, 6.45) is -4.99. The number of piperidine rings is 1. The number of piperazine rings is 1. The Bertz CT molecular complexity index is 1200. The van der Waals surface area contributed by atoms with Crippen molar-refractivity contribution in [2.24, 2.45) is 5.41 Å². The average Bonchev–Trinajstić information content (AvgIpc) is 3.31. The number of nitrogen functional groups attached to an aromatic ring is 1. The van der Waals surface area contributed by atoms with Crippen LogP contribution in [-0.4, -0.2) is 79.1 Å². The molecule has 5 rings (SSSR count). The highest BCUT2D eigenvalue weighted by Gasteiger charge is 2.46. The number of ether oxygens (including phenoxy) is 1. The highest BCUT2D eigenvalue weighted by molar-refractivity contribution is 9.10. The van der Waals surface area contributed by atoms with Crippen molar-refractivity contribution in [2.75, 3.05) is 61.3 Å². The Hall–Kier alpha value is -2.84. The van der Waals surface area contributed by atoms with E-state index in [2.05, 4.69) is 36.5 Å². The first-order valence-corrected chi connectivity index (χ1v) is 13.7. The van der Waals surface area contributed by atoms with E-state index in [0.717, 1.165) is 12.8 Å². The van der Waals surface area contributed by atoms with Gasteiger partial charge in [0.2, 0.25) is 17.9 Å². The van der Waals surface area contributed by atoms with E-state index in [1.165, 1.54) is 12.1 Å². The van der Waals surface area contributed by atoms with Crippen molar-refractivity contribution >= 4 is 39.4 Å². The summed E-state index contributed by atoms with van der Waals surface area (Å²) >= 11 is 3.38. The Morgan fingerprint density at radius 3 is 2.51 bits per heavy atom. The maximum Gasteiger partial charge on any atom is 0.429 e. The van der Waals surface area contributed by atoms with Crippen LogP contribution in [0.25, 0.3) is 0 Å². The quantitative estimate of drug-likeness (QED) is 0.386. The number of rotatable bonds is 6. The fraction of sp³-hybridized carbons (Fsp3) is 0.560. The lowest BCUT2D eigenvalue weighted by Crippen LogP contribution is -2.44. The van der Waals surface area contributed by atoms with Gasteiger partial charge in [-0.05, 0) is 36.8 Å². The molecule has 4 heterocycles. The zero-order chi connectivity index (χ0) is 27.8. The molecule has 2 aromatic rings. The molecule has 0 aliphatic carbocycles. The number of aromatic nitrogens is 2. The number of nitrogens with two attached hydrogens (primary N) is 1.